The quantitative estimate of drug-likeness (QED) is 0.801. The molecule has 0 aliphatic heterocycles. The molecule has 5 heteroatoms. The van der Waals surface area contributed by atoms with Crippen LogP contribution in [-0.4, -0.2) is 31.5 Å². The zero-order valence-electron chi connectivity index (χ0n) is 14.4. The lowest BCUT2D eigenvalue weighted by atomic mass is 9.96. The smallest absolute Gasteiger partial charge is 0.239 e. The van der Waals surface area contributed by atoms with Crippen LogP contribution in [0.1, 0.15) is 20.8 Å². The van der Waals surface area contributed by atoms with Gasteiger partial charge in [0.15, 0.2) is 0 Å². The van der Waals surface area contributed by atoms with E-state index in [0.29, 0.717) is 13.2 Å². The molecule has 2 aromatic rings. The van der Waals surface area contributed by atoms with Gasteiger partial charge in [-0.15, -0.1) is 0 Å². The van der Waals surface area contributed by atoms with Gasteiger partial charge in [-0.05, 0) is 22.9 Å². The van der Waals surface area contributed by atoms with Gasteiger partial charge >= 0.3 is 0 Å². The Balaban J connectivity index is 1.70. The Morgan fingerprint density at radius 2 is 1.71 bits per heavy atom. The van der Waals surface area contributed by atoms with Crippen LogP contribution in [0.2, 0.25) is 0 Å². The van der Waals surface area contributed by atoms with Crippen molar-refractivity contribution in [2.75, 3.05) is 19.7 Å². The van der Waals surface area contributed by atoms with Gasteiger partial charge in [0.2, 0.25) is 11.8 Å². The first-order valence-corrected chi connectivity index (χ1v) is 8.03. The highest BCUT2D eigenvalue weighted by Crippen LogP contribution is 2.20. The number of hydrogen-bond acceptors (Lipinski definition) is 3. The SMILES string of the molecule is CC(C)(C)C(=O)NCC(=O)NCCOc1ccc2ccccc2c1. The van der Waals surface area contributed by atoms with Gasteiger partial charge in [-0.25, -0.2) is 0 Å². The van der Waals surface area contributed by atoms with E-state index in [0.717, 1.165) is 16.5 Å². The molecule has 2 aromatic carbocycles. The van der Waals surface area contributed by atoms with Gasteiger partial charge in [0.25, 0.3) is 0 Å². The van der Waals surface area contributed by atoms with Crippen LogP contribution in [0.5, 0.6) is 5.75 Å². The highest BCUT2D eigenvalue weighted by molar-refractivity contribution is 5.87. The molecule has 0 radical (unpaired) electrons. The van der Waals surface area contributed by atoms with Crippen LogP contribution in [0.4, 0.5) is 0 Å². The first-order valence-electron chi connectivity index (χ1n) is 8.03. The van der Waals surface area contributed by atoms with Crippen LogP contribution < -0.4 is 15.4 Å². The molecule has 2 N–H and O–H groups in total. The molecular formula is C19H24N2O3. The number of carbonyl (C=O) groups is 2. The Labute approximate surface area is 142 Å². The van der Waals surface area contributed by atoms with Gasteiger partial charge < -0.3 is 15.4 Å². The maximum Gasteiger partial charge on any atom is 0.239 e. The van der Waals surface area contributed by atoms with Crippen molar-refractivity contribution in [1.82, 2.24) is 10.6 Å². The largest absolute Gasteiger partial charge is 0.492 e. The Morgan fingerprint density at radius 3 is 2.42 bits per heavy atom. The molecule has 5 nitrogen and oxygen atoms in total. The predicted molar refractivity (Wildman–Crippen MR) is 94.9 cm³/mol. The van der Waals surface area contributed by atoms with Crippen molar-refractivity contribution in [3.8, 4) is 5.75 Å². The van der Waals surface area contributed by atoms with Crippen molar-refractivity contribution in [1.29, 1.82) is 0 Å². The fraction of sp³-hybridized carbons (Fsp3) is 0.368. The van der Waals surface area contributed by atoms with E-state index in [1.54, 1.807) is 20.8 Å². The summed E-state index contributed by atoms with van der Waals surface area (Å²) in [6, 6.07) is 13.9. The van der Waals surface area contributed by atoms with Gasteiger partial charge in [0.1, 0.15) is 12.4 Å². The summed E-state index contributed by atoms with van der Waals surface area (Å²) in [5.74, 6) is 0.392. The molecule has 0 aliphatic rings. The van der Waals surface area contributed by atoms with Crippen molar-refractivity contribution >= 4 is 22.6 Å². The molecule has 0 atom stereocenters. The number of hydrogen-bond donors (Lipinski definition) is 2. The second-order valence-corrected chi connectivity index (χ2v) is 6.64. The summed E-state index contributed by atoms with van der Waals surface area (Å²) < 4.78 is 5.64. The number of ether oxygens (including phenoxy) is 1. The van der Waals surface area contributed by atoms with Crippen LogP contribution >= 0.6 is 0 Å². The summed E-state index contributed by atoms with van der Waals surface area (Å²) in [5.41, 5.74) is -0.501. The minimum atomic E-state index is -0.501. The van der Waals surface area contributed by atoms with E-state index >= 15 is 0 Å². The van der Waals surface area contributed by atoms with Crippen LogP contribution in [-0.2, 0) is 9.59 Å². The van der Waals surface area contributed by atoms with Gasteiger partial charge in [-0.1, -0.05) is 51.1 Å². The number of fused-ring (bicyclic) bond motifs is 1. The number of rotatable bonds is 6. The molecule has 2 rings (SSSR count). The van der Waals surface area contributed by atoms with Crippen molar-refractivity contribution in [2.24, 2.45) is 5.41 Å². The Bertz CT molecular complexity index is 720. The maximum absolute atomic E-state index is 11.7. The van der Waals surface area contributed by atoms with E-state index in [1.165, 1.54) is 0 Å². The summed E-state index contributed by atoms with van der Waals surface area (Å²) in [4.78, 5) is 23.4. The predicted octanol–water partition coefficient (Wildman–Crippen LogP) is 2.50. The standard InChI is InChI=1S/C19H24N2O3/c1-19(2,3)18(23)21-13-17(22)20-10-11-24-16-9-8-14-6-4-5-7-15(14)12-16/h4-9,12H,10-11,13H2,1-3H3,(H,20,22)(H,21,23). The van der Waals surface area contributed by atoms with E-state index in [9.17, 15) is 9.59 Å². The first kappa shape index (κ1) is 17.8. The van der Waals surface area contributed by atoms with Crippen LogP contribution in [0.3, 0.4) is 0 Å². The molecule has 0 unspecified atom stereocenters. The Morgan fingerprint density at radius 1 is 1.00 bits per heavy atom. The molecule has 0 fully saturated rings. The van der Waals surface area contributed by atoms with Gasteiger partial charge in [0.05, 0.1) is 13.1 Å². The fourth-order valence-corrected chi connectivity index (χ4v) is 2.10. The van der Waals surface area contributed by atoms with Crippen LogP contribution in [0, 0.1) is 5.41 Å². The van der Waals surface area contributed by atoms with E-state index < -0.39 is 5.41 Å². The molecule has 128 valence electrons. The summed E-state index contributed by atoms with van der Waals surface area (Å²) in [6.45, 7) is 6.15. The summed E-state index contributed by atoms with van der Waals surface area (Å²) in [7, 11) is 0. The Kier molecular flexibility index (Phi) is 5.79. The third kappa shape index (κ3) is 5.26. The zero-order valence-corrected chi connectivity index (χ0v) is 14.4. The second-order valence-electron chi connectivity index (χ2n) is 6.64. The molecule has 24 heavy (non-hydrogen) atoms. The molecule has 0 heterocycles. The first-order chi connectivity index (χ1) is 11.4. The molecule has 0 bridgehead atoms. The van der Waals surface area contributed by atoms with E-state index in [1.807, 2.05) is 42.5 Å². The number of nitrogens with one attached hydrogen (secondary N) is 2. The maximum atomic E-state index is 11.7. The number of carbonyl (C=O) groups excluding carboxylic acids is 2. The molecular weight excluding hydrogens is 304 g/mol. The van der Waals surface area contributed by atoms with E-state index in [4.69, 9.17) is 4.74 Å². The average molecular weight is 328 g/mol. The minimum Gasteiger partial charge on any atom is -0.492 e. The Hall–Kier alpha value is -2.56. The van der Waals surface area contributed by atoms with Gasteiger partial charge in [0, 0.05) is 5.41 Å². The van der Waals surface area contributed by atoms with Crippen molar-refractivity contribution in [2.45, 2.75) is 20.8 Å². The summed E-state index contributed by atoms with van der Waals surface area (Å²) >= 11 is 0. The topological polar surface area (TPSA) is 67.4 Å². The van der Waals surface area contributed by atoms with Crippen LogP contribution in [0.25, 0.3) is 10.8 Å². The highest BCUT2D eigenvalue weighted by atomic mass is 16.5. The highest BCUT2D eigenvalue weighted by Gasteiger charge is 2.21. The number of amides is 2. The molecule has 0 saturated heterocycles. The van der Waals surface area contributed by atoms with Gasteiger partial charge in [-0.2, -0.15) is 0 Å². The molecule has 0 spiro atoms. The fourth-order valence-electron chi connectivity index (χ4n) is 2.10. The third-order valence-electron chi connectivity index (χ3n) is 3.50. The number of benzene rings is 2. The lowest BCUT2D eigenvalue weighted by molar-refractivity contribution is -0.131. The molecule has 2 amide bonds. The lowest BCUT2D eigenvalue weighted by Gasteiger charge is -2.17. The molecule has 0 aliphatic carbocycles. The molecule has 0 aromatic heterocycles. The summed E-state index contributed by atoms with van der Waals surface area (Å²) in [5, 5.41) is 7.60. The minimum absolute atomic E-state index is 0.0217. The average Bonchev–Trinajstić information content (AvgIpc) is 2.55. The summed E-state index contributed by atoms with van der Waals surface area (Å²) in [6.07, 6.45) is 0. The third-order valence-corrected chi connectivity index (χ3v) is 3.50. The zero-order chi connectivity index (χ0) is 17.6. The van der Waals surface area contributed by atoms with Gasteiger partial charge in [-0.3, -0.25) is 9.59 Å². The normalized spacial score (nSPS) is 11.1. The monoisotopic (exact) mass is 328 g/mol. The van der Waals surface area contributed by atoms with E-state index in [2.05, 4.69) is 10.6 Å². The van der Waals surface area contributed by atoms with Crippen molar-refractivity contribution in [3.05, 3.63) is 42.5 Å². The van der Waals surface area contributed by atoms with Crippen molar-refractivity contribution < 1.29 is 14.3 Å². The van der Waals surface area contributed by atoms with Crippen LogP contribution in [0.15, 0.2) is 42.5 Å². The van der Waals surface area contributed by atoms with E-state index in [-0.39, 0.29) is 18.4 Å². The lowest BCUT2D eigenvalue weighted by Crippen LogP contribution is -2.42. The second kappa shape index (κ2) is 7.81. The van der Waals surface area contributed by atoms with Crippen molar-refractivity contribution in [3.63, 3.8) is 0 Å². The molecule has 0 saturated carbocycles.